The van der Waals surface area contributed by atoms with E-state index in [-0.39, 0.29) is 25.7 Å². The lowest BCUT2D eigenvalue weighted by Gasteiger charge is -2.21. The van der Waals surface area contributed by atoms with Crippen LogP contribution >= 0.6 is 15.6 Å². The van der Waals surface area contributed by atoms with Crippen molar-refractivity contribution in [2.45, 2.75) is 367 Å². The zero-order valence-corrected chi connectivity index (χ0v) is 64.0. The number of carbonyl (C=O) groups excluding carboxylic acids is 4. The molecule has 0 fully saturated rings. The van der Waals surface area contributed by atoms with E-state index in [1.807, 2.05) is 0 Å². The number of unbranched alkanes of at least 4 members (excludes halogenated alkanes) is 36. The van der Waals surface area contributed by atoms with E-state index in [1.54, 1.807) is 0 Å². The fourth-order valence-corrected chi connectivity index (χ4v) is 12.2. The monoisotopic (exact) mass is 1420 g/mol. The molecule has 0 rings (SSSR count). The smallest absolute Gasteiger partial charge is 0.462 e. The Bertz CT molecular complexity index is 2140. The summed E-state index contributed by atoms with van der Waals surface area (Å²) in [5.41, 5.74) is 0. The molecule has 0 aliphatic carbocycles. The number of ether oxygens (including phenoxy) is 4. The molecule has 5 unspecified atom stereocenters. The summed E-state index contributed by atoms with van der Waals surface area (Å²) >= 11 is 0. The minimum absolute atomic E-state index is 0.0843. The van der Waals surface area contributed by atoms with Gasteiger partial charge in [-0.25, -0.2) is 9.13 Å². The van der Waals surface area contributed by atoms with Crippen LogP contribution < -0.4 is 0 Å². The van der Waals surface area contributed by atoms with Gasteiger partial charge in [-0.05, 0) is 116 Å². The molecule has 3 N–H and O–H groups in total. The molecular weight excluding hydrogens is 1280 g/mol. The summed E-state index contributed by atoms with van der Waals surface area (Å²) in [6.45, 7) is 4.77. The number of phosphoric ester groups is 2. The highest BCUT2D eigenvalue weighted by Gasteiger charge is 2.30. The summed E-state index contributed by atoms with van der Waals surface area (Å²) in [5, 5.41) is 10.6. The molecule has 5 atom stereocenters. The number of hydrogen-bond donors (Lipinski definition) is 3. The van der Waals surface area contributed by atoms with E-state index >= 15 is 0 Å². The normalized spacial score (nSPS) is 14.3. The third-order valence-electron chi connectivity index (χ3n) is 16.6. The molecule has 0 aliphatic rings. The van der Waals surface area contributed by atoms with Crippen LogP contribution in [-0.4, -0.2) is 96.7 Å². The predicted molar refractivity (Wildman–Crippen MR) is 400 cm³/mol. The Kier molecular flexibility index (Phi) is 69.3. The summed E-state index contributed by atoms with van der Waals surface area (Å²) in [7, 11) is -9.94. The molecule has 0 amide bonds. The van der Waals surface area contributed by atoms with Crippen LogP contribution in [-0.2, 0) is 65.4 Å². The van der Waals surface area contributed by atoms with Gasteiger partial charge in [-0.15, -0.1) is 0 Å². The largest absolute Gasteiger partial charge is 0.472 e. The van der Waals surface area contributed by atoms with Crippen molar-refractivity contribution < 1.29 is 80.2 Å². The van der Waals surface area contributed by atoms with Gasteiger partial charge in [0.05, 0.1) is 26.4 Å². The Balaban J connectivity index is 5.32. The summed E-state index contributed by atoms with van der Waals surface area (Å²) in [6.07, 6.45) is 71.7. The average Bonchev–Trinajstić information content (AvgIpc) is 0.979. The van der Waals surface area contributed by atoms with E-state index in [0.717, 1.165) is 173 Å². The molecule has 17 nitrogen and oxygen atoms in total. The van der Waals surface area contributed by atoms with E-state index in [2.05, 4.69) is 101 Å². The number of allylic oxidation sites excluding steroid dienone is 12. The van der Waals surface area contributed by atoms with Crippen LogP contribution in [0.15, 0.2) is 72.9 Å². The third-order valence-corrected chi connectivity index (χ3v) is 18.5. The average molecular weight is 1430 g/mol. The van der Waals surface area contributed by atoms with Crippen molar-refractivity contribution in [3.8, 4) is 0 Å². The number of esters is 4. The number of hydrogen-bond acceptors (Lipinski definition) is 15. The minimum atomic E-state index is -4.97. The van der Waals surface area contributed by atoms with Crippen LogP contribution in [0.1, 0.15) is 349 Å². The fourth-order valence-electron chi connectivity index (χ4n) is 10.6. The first-order valence-electron chi connectivity index (χ1n) is 39.2. The van der Waals surface area contributed by atoms with Gasteiger partial charge in [0.25, 0.3) is 0 Å². The lowest BCUT2D eigenvalue weighted by molar-refractivity contribution is -0.161. The summed E-state index contributed by atoms with van der Waals surface area (Å²) in [6, 6.07) is 0. The van der Waals surface area contributed by atoms with Gasteiger partial charge in [-0.3, -0.25) is 37.3 Å². The van der Waals surface area contributed by atoms with E-state index in [1.165, 1.54) is 96.3 Å². The van der Waals surface area contributed by atoms with Crippen molar-refractivity contribution in [1.29, 1.82) is 0 Å². The SMILES string of the molecule is CCC/C=C\C/C=C\CCCCCCCC(=O)OCC(COP(=O)(O)OCC(O)COP(=O)(O)OCC(COC(=O)CCCCCCCC/C=C\C/C=C\C/C=C\CCCCC)OC(=O)CCCCCCC/C=C\CCCCCC)OC(=O)CCCCCCCCCCCCCCC. The standard InChI is InChI=1S/C79H142O17P2/c1-5-9-13-17-21-25-29-33-34-35-36-37-38-42-44-48-52-56-60-64-77(82)90-70-75(96-79(84)66-62-58-54-50-46-41-32-28-24-20-16-12-8-4)72-94-98(87,88)92-68-73(80)67-91-97(85,86)93-71-74(95-78(83)65-61-57-53-49-45-40-31-27-23-19-15-11-7-3)69-89-76(81)63-59-55-51-47-43-39-30-26-22-18-14-10-6-2/h14,18,21,25-26,28,30,32-34,36-37,73-75,80H,5-13,15-17,19-20,22-24,27,29,31,35,38-72H2,1-4H3,(H,85,86)(H,87,88)/b18-14-,25-21-,30-26-,32-28-,34-33-,37-36-. The topological polar surface area (TPSA) is 237 Å². The molecule has 0 spiro atoms. The highest BCUT2D eigenvalue weighted by molar-refractivity contribution is 7.47. The van der Waals surface area contributed by atoms with E-state index in [9.17, 15) is 43.2 Å². The zero-order valence-electron chi connectivity index (χ0n) is 62.2. The van der Waals surface area contributed by atoms with Gasteiger partial charge in [0.1, 0.15) is 19.3 Å². The molecule has 570 valence electrons. The molecule has 0 saturated heterocycles. The first kappa shape index (κ1) is 94.5. The number of aliphatic hydroxyl groups excluding tert-OH is 1. The van der Waals surface area contributed by atoms with Crippen molar-refractivity contribution in [3.63, 3.8) is 0 Å². The third kappa shape index (κ3) is 70.9. The van der Waals surface area contributed by atoms with Crippen molar-refractivity contribution >= 4 is 39.5 Å². The number of rotatable bonds is 74. The second-order valence-corrected chi connectivity index (χ2v) is 29.2. The van der Waals surface area contributed by atoms with E-state index < -0.39 is 97.5 Å². The quantitative estimate of drug-likeness (QED) is 0.0169. The lowest BCUT2D eigenvalue weighted by atomic mass is 10.0. The van der Waals surface area contributed by atoms with Gasteiger partial charge in [0.2, 0.25) is 0 Å². The Morgan fingerprint density at radius 2 is 0.520 bits per heavy atom. The van der Waals surface area contributed by atoms with Gasteiger partial charge in [0.15, 0.2) is 12.2 Å². The summed E-state index contributed by atoms with van der Waals surface area (Å²) < 4.78 is 68.5. The Hall–Kier alpha value is -3.50. The highest BCUT2D eigenvalue weighted by atomic mass is 31.2. The van der Waals surface area contributed by atoms with Crippen LogP contribution in [0.3, 0.4) is 0 Å². The van der Waals surface area contributed by atoms with Gasteiger partial charge in [-0.2, -0.15) is 0 Å². The Morgan fingerprint density at radius 3 is 0.847 bits per heavy atom. The van der Waals surface area contributed by atoms with Crippen LogP contribution in [0.2, 0.25) is 0 Å². The molecule has 0 aromatic carbocycles. The van der Waals surface area contributed by atoms with Crippen LogP contribution in [0.25, 0.3) is 0 Å². The van der Waals surface area contributed by atoms with Gasteiger partial charge in [-0.1, -0.05) is 280 Å². The van der Waals surface area contributed by atoms with Crippen LogP contribution in [0.5, 0.6) is 0 Å². The summed E-state index contributed by atoms with van der Waals surface area (Å²) in [4.78, 5) is 72.9. The lowest BCUT2D eigenvalue weighted by Crippen LogP contribution is -2.30. The predicted octanol–water partition coefficient (Wildman–Crippen LogP) is 22.4. The molecular formula is C79H142O17P2. The second kappa shape index (κ2) is 71.9. The first-order valence-corrected chi connectivity index (χ1v) is 42.2. The van der Waals surface area contributed by atoms with E-state index in [0.29, 0.717) is 25.7 Å². The Labute approximate surface area is 596 Å². The van der Waals surface area contributed by atoms with Crippen molar-refractivity contribution in [1.82, 2.24) is 0 Å². The number of phosphoric acid groups is 2. The second-order valence-electron chi connectivity index (χ2n) is 26.3. The van der Waals surface area contributed by atoms with Crippen LogP contribution in [0.4, 0.5) is 0 Å². The van der Waals surface area contributed by atoms with Crippen molar-refractivity contribution in [3.05, 3.63) is 72.9 Å². The molecule has 0 aromatic heterocycles. The number of aliphatic hydroxyl groups is 1. The molecule has 0 aliphatic heterocycles. The van der Waals surface area contributed by atoms with Gasteiger partial charge < -0.3 is 33.8 Å². The maximum Gasteiger partial charge on any atom is 0.472 e. The van der Waals surface area contributed by atoms with E-state index in [4.69, 9.17) is 37.0 Å². The molecule has 98 heavy (non-hydrogen) atoms. The molecule has 0 aromatic rings. The number of carbonyl (C=O) groups is 4. The molecule has 0 bridgehead atoms. The molecule has 19 heteroatoms. The summed E-state index contributed by atoms with van der Waals surface area (Å²) in [5.74, 6) is -2.19. The van der Waals surface area contributed by atoms with Gasteiger partial charge >= 0.3 is 39.5 Å². The Morgan fingerprint density at radius 1 is 0.286 bits per heavy atom. The zero-order chi connectivity index (χ0) is 71.8. The van der Waals surface area contributed by atoms with Gasteiger partial charge in [0, 0.05) is 25.7 Å². The maximum absolute atomic E-state index is 13.1. The van der Waals surface area contributed by atoms with Crippen molar-refractivity contribution in [2.24, 2.45) is 0 Å². The van der Waals surface area contributed by atoms with Crippen molar-refractivity contribution in [2.75, 3.05) is 39.6 Å². The molecule has 0 saturated carbocycles. The minimum Gasteiger partial charge on any atom is -0.462 e. The fraction of sp³-hybridized carbons (Fsp3) is 0.797. The van der Waals surface area contributed by atoms with Crippen LogP contribution in [0, 0.1) is 0 Å². The molecule has 0 heterocycles. The maximum atomic E-state index is 13.1. The first-order chi connectivity index (χ1) is 47.7. The highest BCUT2D eigenvalue weighted by Crippen LogP contribution is 2.45. The molecule has 0 radical (unpaired) electrons.